The predicted octanol–water partition coefficient (Wildman–Crippen LogP) is 4.25. The van der Waals surface area contributed by atoms with Gasteiger partial charge in [0.2, 0.25) is 0 Å². The van der Waals surface area contributed by atoms with Gasteiger partial charge in [0, 0.05) is 11.9 Å². The van der Waals surface area contributed by atoms with E-state index in [1.807, 2.05) is 19.1 Å². The van der Waals surface area contributed by atoms with Crippen molar-refractivity contribution in [2.24, 2.45) is 4.99 Å². The molecule has 0 spiro atoms. The molecule has 1 aromatic carbocycles. The van der Waals surface area contributed by atoms with E-state index in [-0.39, 0.29) is 24.0 Å². The first-order chi connectivity index (χ1) is 12.0. The van der Waals surface area contributed by atoms with Gasteiger partial charge in [-0.15, -0.1) is 35.3 Å². The first-order valence-electron chi connectivity index (χ1n) is 8.59. The van der Waals surface area contributed by atoms with E-state index in [2.05, 4.69) is 53.5 Å². The van der Waals surface area contributed by atoms with E-state index in [9.17, 15) is 0 Å². The number of nitrogens with zero attached hydrogens (tertiary/aromatic N) is 2. The van der Waals surface area contributed by atoms with Gasteiger partial charge in [-0.1, -0.05) is 26.0 Å². The van der Waals surface area contributed by atoms with Gasteiger partial charge in [0.05, 0.1) is 18.8 Å². The van der Waals surface area contributed by atoms with E-state index in [4.69, 9.17) is 4.74 Å². The Morgan fingerprint density at radius 2 is 1.88 bits per heavy atom. The monoisotopic (exact) mass is 488 g/mol. The highest BCUT2D eigenvalue weighted by Crippen LogP contribution is 2.18. The van der Waals surface area contributed by atoms with Crippen LogP contribution in [0.5, 0.6) is 5.75 Å². The average Bonchev–Trinajstić information content (AvgIpc) is 2.92. The second-order valence-corrected chi connectivity index (χ2v) is 7.46. The SMILES string of the molecule is CN=C(NCCOc1ccc(C(C)C)cc1)NCc1nc(C)c(C)s1.I. The molecular formula is C19H29IN4OS. The minimum Gasteiger partial charge on any atom is -0.492 e. The van der Waals surface area contributed by atoms with Crippen LogP contribution in [0.1, 0.15) is 40.9 Å². The number of hydrogen-bond acceptors (Lipinski definition) is 4. The number of aromatic nitrogens is 1. The summed E-state index contributed by atoms with van der Waals surface area (Å²) in [4.78, 5) is 10.0. The van der Waals surface area contributed by atoms with Crippen molar-refractivity contribution < 1.29 is 4.74 Å². The number of hydrogen-bond donors (Lipinski definition) is 2. The van der Waals surface area contributed by atoms with Gasteiger partial charge in [0.15, 0.2) is 5.96 Å². The van der Waals surface area contributed by atoms with Crippen LogP contribution in [-0.4, -0.2) is 31.1 Å². The van der Waals surface area contributed by atoms with Gasteiger partial charge in [-0.25, -0.2) is 4.98 Å². The highest BCUT2D eigenvalue weighted by Gasteiger charge is 2.05. The molecule has 0 aliphatic rings. The Hall–Kier alpha value is -1.35. The lowest BCUT2D eigenvalue weighted by Crippen LogP contribution is -2.38. The number of nitrogens with one attached hydrogen (secondary N) is 2. The summed E-state index contributed by atoms with van der Waals surface area (Å²) < 4.78 is 5.76. The lowest BCUT2D eigenvalue weighted by molar-refractivity contribution is 0.322. The van der Waals surface area contributed by atoms with E-state index in [1.54, 1.807) is 18.4 Å². The zero-order valence-corrected chi connectivity index (χ0v) is 19.3. The lowest BCUT2D eigenvalue weighted by atomic mass is 10.0. The number of guanidine groups is 1. The average molecular weight is 488 g/mol. The summed E-state index contributed by atoms with van der Waals surface area (Å²) in [6.45, 7) is 10.4. The van der Waals surface area contributed by atoms with Crippen LogP contribution >= 0.6 is 35.3 Å². The highest BCUT2D eigenvalue weighted by molar-refractivity contribution is 14.0. The Kier molecular flexibility index (Phi) is 9.93. The first kappa shape index (κ1) is 22.7. The molecule has 2 aromatic rings. The molecule has 0 unspecified atom stereocenters. The van der Waals surface area contributed by atoms with Crippen LogP contribution in [0.15, 0.2) is 29.3 Å². The largest absolute Gasteiger partial charge is 0.492 e. The van der Waals surface area contributed by atoms with E-state index in [0.29, 0.717) is 25.6 Å². The number of halogens is 1. The molecule has 2 N–H and O–H groups in total. The fraction of sp³-hybridized carbons (Fsp3) is 0.474. The zero-order valence-electron chi connectivity index (χ0n) is 16.1. The Labute approximate surface area is 177 Å². The number of ether oxygens (including phenoxy) is 1. The van der Waals surface area contributed by atoms with Gasteiger partial charge in [0.1, 0.15) is 17.4 Å². The van der Waals surface area contributed by atoms with Crippen LogP contribution in [0.4, 0.5) is 0 Å². The molecule has 0 saturated heterocycles. The molecule has 7 heteroatoms. The van der Waals surface area contributed by atoms with Crippen molar-refractivity contribution in [2.75, 3.05) is 20.2 Å². The molecule has 26 heavy (non-hydrogen) atoms. The fourth-order valence-corrected chi connectivity index (χ4v) is 3.16. The maximum Gasteiger partial charge on any atom is 0.191 e. The van der Waals surface area contributed by atoms with Crippen LogP contribution in [-0.2, 0) is 6.54 Å². The van der Waals surface area contributed by atoms with E-state index in [1.165, 1.54) is 10.4 Å². The van der Waals surface area contributed by atoms with Gasteiger partial charge in [-0.2, -0.15) is 0 Å². The van der Waals surface area contributed by atoms with Gasteiger partial charge >= 0.3 is 0 Å². The molecule has 0 radical (unpaired) electrons. The second kappa shape index (κ2) is 11.4. The van der Waals surface area contributed by atoms with Crippen molar-refractivity contribution in [3.8, 4) is 5.75 Å². The normalized spacial score (nSPS) is 11.2. The Morgan fingerprint density at radius 1 is 1.19 bits per heavy atom. The number of aliphatic imine (C=N–C) groups is 1. The standard InChI is InChI=1S/C19H28N4OS.HI/c1-13(2)16-6-8-17(9-7-16)24-11-10-21-19(20-5)22-12-18-23-14(3)15(4)25-18;/h6-9,13H,10-12H2,1-5H3,(H2,20,21,22);1H. The molecule has 1 aromatic heterocycles. The lowest BCUT2D eigenvalue weighted by Gasteiger charge is -2.12. The van der Waals surface area contributed by atoms with Crippen molar-refractivity contribution in [3.05, 3.63) is 45.4 Å². The molecule has 0 saturated carbocycles. The van der Waals surface area contributed by atoms with E-state index < -0.39 is 0 Å². The summed E-state index contributed by atoms with van der Waals surface area (Å²) in [5.41, 5.74) is 2.42. The van der Waals surface area contributed by atoms with E-state index >= 15 is 0 Å². The zero-order chi connectivity index (χ0) is 18.2. The van der Waals surface area contributed by atoms with Gasteiger partial charge in [0.25, 0.3) is 0 Å². The molecule has 0 aliphatic heterocycles. The smallest absolute Gasteiger partial charge is 0.191 e. The van der Waals surface area contributed by atoms with Gasteiger partial charge in [-0.3, -0.25) is 4.99 Å². The molecule has 1 heterocycles. The Balaban J connectivity index is 0.00000338. The maximum atomic E-state index is 5.76. The Bertz CT molecular complexity index is 679. The molecule has 0 bridgehead atoms. The van der Waals surface area contributed by atoms with Crippen LogP contribution < -0.4 is 15.4 Å². The van der Waals surface area contributed by atoms with Crippen LogP contribution in [0, 0.1) is 13.8 Å². The molecule has 0 aliphatic carbocycles. The van der Waals surface area contributed by atoms with Crippen molar-refractivity contribution in [2.45, 2.75) is 40.2 Å². The van der Waals surface area contributed by atoms with Gasteiger partial charge < -0.3 is 15.4 Å². The summed E-state index contributed by atoms with van der Waals surface area (Å²) in [7, 11) is 1.76. The van der Waals surface area contributed by atoms with Gasteiger partial charge in [-0.05, 0) is 37.5 Å². The summed E-state index contributed by atoms with van der Waals surface area (Å²) >= 11 is 1.71. The summed E-state index contributed by atoms with van der Waals surface area (Å²) in [5.74, 6) is 2.18. The Morgan fingerprint density at radius 3 is 2.42 bits per heavy atom. The fourth-order valence-electron chi connectivity index (χ4n) is 2.28. The molecule has 5 nitrogen and oxygen atoms in total. The van der Waals surface area contributed by atoms with Crippen LogP contribution in [0.25, 0.3) is 0 Å². The third kappa shape index (κ3) is 7.11. The minimum absolute atomic E-state index is 0. The minimum atomic E-state index is 0. The molecular weight excluding hydrogens is 459 g/mol. The number of aryl methyl sites for hydroxylation is 2. The molecule has 2 rings (SSSR count). The topological polar surface area (TPSA) is 58.5 Å². The highest BCUT2D eigenvalue weighted by atomic mass is 127. The van der Waals surface area contributed by atoms with E-state index in [0.717, 1.165) is 22.4 Å². The quantitative estimate of drug-likeness (QED) is 0.265. The predicted molar refractivity (Wildman–Crippen MR) is 121 cm³/mol. The number of thiazole rings is 1. The third-order valence-corrected chi connectivity index (χ3v) is 4.99. The third-order valence-electron chi connectivity index (χ3n) is 3.91. The van der Waals surface area contributed by atoms with Crippen molar-refractivity contribution in [3.63, 3.8) is 0 Å². The number of benzene rings is 1. The van der Waals surface area contributed by atoms with Crippen LogP contribution in [0.3, 0.4) is 0 Å². The summed E-state index contributed by atoms with van der Waals surface area (Å²) in [6.07, 6.45) is 0. The summed E-state index contributed by atoms with van der Waals surface area (Å²) in [6, 6.07) is 8.28. The molecule has 0 fully saturated rings. The summed E-state index contributed by atoms with van der Waals surface area (Å²) in [5, 5.41) is 7.60. The van der Waals surface area contributed by atoms with Crippen LogP contribution in [0.2, 0.25) is 0 Å². The first-order valence-corrected chi connectivity index (χ1v) is 9.41. The number of rotatable bonds is 7. The van der Waals surface area contributed by atoms with Crippen molar-refractivity contribution >= 4 is 41.3 Å². The molecule has 0 atom stereocenters. The van der Waals surface area contributed by atoms with Crippen molar-refractivity contribution in [1.82, 2.24) is 15.6 Å². The second-order valence-electron chi connectivity index (χ2n) is 6.17. The van der Waals surface area contributed by atoms with Crippen molar-refractivity contribution in [1.29, 1.82) is 0 Å². The molecule has 0 amide bonds. The maximum absolute atomic E-state index is 5.76. The molecule has 144 valence electrons.